The van der Waals surface area contributed by atoms with Crippen LogP contribution < -0.4 is 5.32 Å². The number of aliphatic hydroxyl groups excluding tert-OH is 1. The smallest absolute Gasteiger partial charge is 0.0806 e. The minimum absolute atomic E-state index is 0.105. The standard InChI is InChI=1S/C18H24N4O/c1-14(18-12-19-8-9-20-18)21-17-5-3-2-4-15(17)13-22-10-6-16(23)7-11-22/h2-5,8-9,12,14,16,21,23H,6-7,10-11,13H2,1H3. The van der Waals surface area contributed by atoms with Crippen LogP contribution in [0.2, 0.25) is 0 Å². The molecule has 1 aromatic carbocycles. The molecule has 1 atom stereocenters. The zero-order valence-electron chi connectivity index (χ0n) is 13.5. The number of hydrogen-bond donors (Lipinski definition) is 2. The molecule has 0 radical (unpaired) electrons. The van der Waals surface area contributed by atoms with Crippen LogP contribution >= 0.6 is 0 Å². The minimum atomic E-state index is -0.128. The average molecular weight is 312 g/mol. The number of nitrogens with zero attached hydrogens (tertiary/aromatic N) is 3. The van der Waals surface area contributed by atoms with Crippen LogP contribution in [0.15, 0.2) is 42.9 Å². The molecule has 1 aliphatic rings. The lowest BCUT2D eigenvalue weighted by molar-refractivity contribution is 0.0793. The summed E-state index contributed by atoms with van der Waals surface area (Å²) in [6, 6.07) is 8.51. The van der Waals surface area contributed by atoms with Gasteiger partial charge in [-0.2, -0.15) is 0 Å². The van der Waals surface area contributed by atoms with E-state index in [0.29, 0.717) is 0 Å². The number of rotatable bonds is 5. The number of anilines is 1. The second-order valence-electron chi connectivity index (χ2n) is 6.16. The van der Waals surface area contributed by atoms with E-state index in [4.69, 9.17) is 0 Å². The van der Waals surface area contributed by atoms with Gasteiger partial charge in [0, 0.05) is 37.7 Å². The predicted octanol–water partition coefficient (Wildman–Crippen LogP) is 2.61. The Morgan fingerprint density at radius 3 is 2.78 bits per heavy atom. The van der Waals surface area contributed by atoms with E-state index in [1.54, 1.807) is 18.6 Å². The second kappa shape index (κ2) is 7.53. The molecule has 1 unspecified atom stereocenters. The summed E-state index contributed by atoms with van der Waals surface area (Å²) >= 11 is 0. The maximum Gasteiger partial charge on any atom is 0.0806 e. The largest absolute Gasteiger partial charge is 0.393 e. The third kappa shape index (κ3) is 4.27. The molecule has 3 rings (SSSR count). The number of aliphatic hydroxyl groups is 1. The van der Waals surface area contributed by atoms with Crippen LogP contribution in [0.5, 0.6) is 0 Å². The summed E-state index contributed by atoms with van der Waals surface area (Å²) in [7, 11) is 0. The lowest BCUT2D eigenvalue weighted by Gasteiger charge is -2.30. The van der Waals surface area contributed by atoms with E-state index in [1.165, 1.54) is 5.56 Å². The van der Waals surface area contributed by atoms with E-state index in [0.717, 1.165) is 43.9 Å². The van der Waals surface area contributed by atoms with Gasteiger partial charge in [0.15, 0.2) is 0 Å². The number of nitrogens with one attached hydrogen (secondary N) is 1. The van der Waals surface area contributed by atoms with Gasteiger partial charge in [0.1, 0.15) is 0 Å². The Morgan fingerprint density at radius 2 is 2.04 bits per heavy atom. The molecule has 2 aromatic rings. The molecule has 1 saturated heterocycles. The SMILES string of the molecule is CC(Nc1ccccc1CN1CCC(O)CC1)c1cnccn1. The molecule has 2 heterocycles. The molecule has 1 aliphatic heterocycles. The van der Waals surface area contributed by atoms with Crippen LogP contribution in [-0.4, -0.2) is 39.2 Å². The quantitative estimate of drug-likeness (QED) is 0.888. The van der Waals surface area contributed by atoms with Crippen molar-refractivity contribution in [3.8, 4) is 0 Å². The van der Waals surface area contributed by atoms with E-state index in [2.05, 4.69) is 51.4 Å². The first-order valence-corrected chi connectivity index (χ1v) is 8.23. The maximum absolute atomic E-state index is 9.64. The van der Waals surface area contributed by atoms with Crippen LogP contribution in [0.4, 0.5) is 5.69 Å². The Hall–Kier alpha value is -1.98. The van der Waals surface area contributed by atoms with Gasteiger partial charge in [-0.1, -0.05) is 18.2 Å². The van der Waals surface area contributed by atoms with E-state index in [9.17, 15) is 5.11 Å². The van der Waals surface area contributed by atoms with Gasteiger partial charge in [-0.05, 0) is 31.4 Å². The van der Waals surface area contributed by atoms with E-state index < -0.39 is 0 Å². The third-order valence-electron chi connectivity index (χ3n) is 4.37. The highest BCUT2D eigenvalue weighted by Gasteiger charge is 2.18. The lowest BCUT2D eigenvalue weighted by atomic mass is 10.1. The zero-order chi connectivity index (χ0) is 16.1. The van der Waals surface area contributed by atoms with Crippen molar-refractivity contribution in [1.82, 2.24) is 14.9 Å². The molecule has 2 N–H and O–H groups in total. The fraction of sp³-hybridized carbons (Fsp3) is 0.444. The van der Waals surface area contributed by atoms with Gasteiger partial charge in [-0.3, -0.25) is 14.9 Å². The molecule has 122 valence electrons. The first-order valence-electron chi connectivity index (χ1n) is 8.23. The fourth-order valence-corrected chi connectivity index (χ4v) is 2.96. The van der Waals surface area contributed by atoms with Gasteiger partial charge in [-0.15, -0.1) is 0 Å². The summed E-state index contributed by atoms with van der Waals surface area (Å²) < 4.78 is 0. The Kier molecular flexibility index (Phi) is 5.20. The Morgan fingerprint density at radius 1 is 1.26 bits per heavy atom. The van der Waals surface area contributed by atoms with Crippen molar-refractivity contribution < 1.29 is 5.11 Å². The van der Waals surface area contributed by atoms with Crippen molar-refractivity contribution >= 4 is 5.69 Å². The van der Waals surface area contributed by atoms with Crippen molar-refractivity contribution in [3.05, 3.63) is 54.1 Å². The average Bonchev–Trinajstić information content (AvgIpc) is 2.59. The molecular weight excluding hydrogens is 288 g/mol. The highest BCUT2D eigenvalue weighted by molar-refractivity contribution is 5.52. The van der Waals surface area contributed by atoms with Crippen LogP contribution in [0.1, 0.15) is 37.1 Å². The lowest BCUT2D eigenvalue weighted by Crippen LogP contribution is -2.35. The number of para-hydroxylation sites is 1. The summed E-state index contributed by atoms with van der Waals surface area (Å²) in [6.45, 7) is 4.91. The van der Waals surface area contributed by atoms with E-state index in [-0.39, 0.29) is 12.1 Å². The molecule has 0 bridgehead atoms. The van der Waals surface area contributed by atoms with Crippen molar-refractivity contribution in [2.45, 2.75) is 38.5 Å². The Balaban J connectivity index is 1.68. The van der Waals surface area contributed by atoms with Crippen LogP contribution in [0, 0.1) is 0 Å². The maximum atomic E-state index is 9.64. The third-order valence-corrected chi connectivity index (χ3v) is 4.37. The Labute approximate surface area is 137 Å². The molecule has 5 nitrogen and oxygen atoms in total. The summed E-state index contributed by atoms with van der Waals surface area (Å²) in [5, 5.41) is 13.2. The molecule has 0 amide bonds. The van der Waals surface area contributed by atoms with Gasteiger partial charge in [0.2, 0.25) is 0 Å². The van der Waals surface area contributed by atoms with Crippen LogP contribution in [-0.2, 0) is 6.54 Å². The topological polar surface area (TPSA) is 61.3 Å². The number of benzene rings is 1. The summed E-state index contributed by atoms with van der Waals surface area (Å²) in [6.07, 6.45) is 6.81. The highest BCUT2D eigenvalue weighted by atomic mass is 16.3. The molecule has 1 aromatic heterocycles. The number of hydrogen-bond acceptors (Lipinski definition) is 5. The normalized spacial score (nSPS) is 17.8. The van der Waals surface area contributed by atoms with E-state index >= 15 is 0 Å². The van der Waals surface area contributed by atoms with Crippen molar-refractivity contribution in [3.63, 3.8) is 0 Å². The molecule has 23 heavy (non-hydrogen) atoms. The first-order chi connectivity index (χ1) is 11.2. The highest BCUT2D eigenvalue weighted by Crippen LogP contribution is 2.23. The monoisotopic (exact) mass is 312 g/mol. The van der Waals surface area contributed by atoms with Gasteiger partial charge < -0.3 is 10.4 Å². The molecule has 1 fully saturated rings. The van der Waals surface area contributed by atoms with Gasteiger partial charge in [0.05, 0.1) is 24.0 Å². The molecule has 0 aliphatic carbocycles. The number of likely N-dealkylation sites (tertiary alicyclic amines) is 1. The van der Waals surface area contributed by atoms with Gasteiger partial charge in [-0.25, -0.2) is 0 Å². The van der Waals surface area contributed by atoms with Crippen molar-refractivity contribution in [2.75, 3.05) is 18.4 Å². The molecule has 0 spiro atoms. The minimum Gasteiger partial charge on any atom is -0.393 e. The summed E-state index contributed by atoms with van der Waals surface area (Å²) in [4.78, 5) is 10.9. The zero-order valence-corrected chi connectivity index (χ0v) is 13.5. The first kappa shape index (κ1) is 15.9. The summed E-state index contributed by atoms with van der Waals surface area (Å²) in [5.74, 6) is 0. The second-order valence-corrected chi connectivity index (χ2v) is 6.16. The fourth-order valence-electron chi connectivity index (χ4n) is 2.96. The van der Waals surface area contributed by atoms with Crippen LogP contribution in [0.25, 0.3) is 0 Å². The predicted molar refractivity (Wildman–Crippen MR) is 91.0 cm³/mol. The van der Waals surface area contributed by atoms with Crippen molar-refractivity contribution in [1.29, 1.82) is 0 Å². The van der Waals surface area contributed by atoms with Crippen LogP contribution in [0.3, 0.4) is 0 Å². The number of piperidine rings is 1. The molecule has 0 saturated carbocycles. The Bertz CT molecular complexity index is 611. The molecular formula is C18H24N4O. The van der Waals surface area contributed by atoms with Gasteiger partial charge >= 0.3 is 0 Å². The molecule has 5 heteroatoms. The van der Waals surface area contributed by atoms with Gasteiger partial charge in [0.25, 0.3) is 0 Å². The summed E-state index contributed by atoms with van der Waals surface area (Å²) in [5.41, 5.74) is 3.35. The number of aromatic nitrogens is 2. The van der Waals surface area contributed by atoms with E-state index in [1.807, 2.05) is 0 Å². The van der Waals surface area contributed by atoms with Crippen molar-refractivity contribution in [2.24, 2.45) is 0 Å².